The maximum atomic E-state index is 12.9. The summed E-state index contributed by atoms with van der Waals surface area (Å²) in [5.74, 6) is -0.221. The first-order valence-electron chi connectivity index (χ1n) is 9.82. The summed E-state index contributed by atoms with van der Waals surface area (Å²) in [6.45, 7) is 12.6. The van der Waals surface area contributed by atoms with E-state index in [4.69, 9.17) is 9.47 Å². The second kappa shape index (κ2) is 8.29. The van der Waals surface area contributed by atoms with Crippen LogP contribution in [0, 0.1) is 5.41 Å². The fourth-order valence-corrected chi connectivity index (χ4v) is 3.83. The summed E-state index contributed by atoms with van der Waals surface area (Å²) in [5, 5.41) is 11.8. The Morgan fingerprint density at radius 2 is 1.74 bits per heavy atom. The van der Waals surface area contributed by atoms with E-state index < -0.39 is 16.5 Å². The van der Waals surface area contributed by atoms with E-state index >= 15 is 0 Å². The molecule has 1 aromatic carbocycles. The van der Waals surface area contributed by atoms with Crippen molar-refractivity contribution in [2.24, 2.45) is 5.41 Å². The minimum absolute atomic E-state index is 0.217. The number of hydrogen-bond acceptors (Lipinski definition) is 5. The van der Waals surface area contributed by atoms with Crippen LogP contribution in [0.15, 0.2) is 30.3 Å². The third-order valence-electron chi connectivity index (χ3n) is 5.68. The van der Waals surface area contributed by atoms with Crippen LogP contribution in [0.5, 0.6) is 0 Å². The highest BCUT2D eigenvalue weighted by atomic mass is 16.6. The molecule has 0 aliphatic carbocycles. The topological polar surface area (TPSA) is 59.0 Å². The molecule has 1 unspecified atom stereocenters. The maximum Gasteiger partial charge on any atom is 0.314 e. The molecular weight excluding hydrogens is 342 g/mol. The van der Waals surface area contributed by atoms with E-state index in [0.717, 1.165) is 5.56 Å². The van der Waals surface area contributed by atoms with E-state index in [9.17, 15) is 10.0 Å². The molecule has 0 radical (unpaired) electrons. The van der Waals surface area contributed by atoms with Gasteiger partial charge < -0.3 is 14.7 Å². The van der Waals surface area contributed by atoms with Gasteiger partial charge in [0.2, 0.25) is 0 Å². The molecule has 5 heteroatoms. The fraction of sp³-hybridized carbons (Fsp3) is 0.682. The molecule has 27 heavy (non-hydrogen) atoms. The van der Waals surface area contributed by atoms with Crippen molar-refractivity contribution >= 4 is 5.97 Å². The Labute approximate surface area is 163 Å². The highest BCUT2D eigenvalue weighted by Crippen LogP contribution is 2.39. The van der Waals surface area contributed by atoms with Crippen LogP contribution >= 0.6 is 0 Å². The van der Waals surface area contributed by atoms with Gasteiger partial charge in [-0.25, -0.2) is 0 Å². The van der Waals surface area contributed by atoms with Crippen LogP contribution in [0.1, 0.15) is 66.4 Å². The first-order valence-corrected chi connectivity index (χ1v) is 9.82. The van der Waals surface area contributed by atoms with E-state index in [-0.39, 0.29) is 12.1 Å². The summed E-state index contributed by atoms with van der Waals surface area (Å²) in [6.07, 6.45) is 1.63. The van der Waals surface area contributed by atoms with Gasteiger partial charge in [0.25, 0.3) is 0 Å². The van der Waals surface area contributed by atoms with Crippen molar-refractivity contribution in [1.82, 2.24) is 5.06 Å². The van der Waals surface area contributed by atoms with Crippen LogP contribution in [0.25, 0.3) is 0 Å². The molecule has 0 bridgehead atoms. The van der Waals surface area contributed by atoms with Gasteiger partial charge in [-0.05, 0) is 46.6 Å². The number of hydroxylamine groups is 2. The minimum Gasteiger partial charge on any atom is -0.462 e. The Bertz CT molecular complexity index is 610. The molecule has 1 aliphatic heterocycles. The van der Waals surface area contributed by atoms with Crippen LogP contribution in [-0.4, -0.2) is 40.0 Å². The number of nitrogens with zero attached hydrogens (tertiary/aromatic N) is 1. The van der Waals surface area contributed by atoms with Crippen molar-refractivity contribution in [3.63, 3.8) is 0 Å². The molecule has 152 valence electrons. The van der Waals surface area contributed by atoms with Crippen molar-refractivity contribution in [3.8, 4) is 0 Å². The Morgan fingerprint density at radius 1 is 1.19 bits per heavy atom. The average molecular weight is 378 g/mol. The Kier molecular flexibility index (Phi) is 6.72. The zero-order valence-electron chi connectivity index (χ0n) is 17.6. The molecule has 5 nitrogen and oxygen atoms in total. The lowest BCUT2D eigenvalue weighted by Gasteiger charge is -2.51. The molecule has 2 rings (SSSR count). The van der Waals surface area contributed by atoms with E-state index in [1.165, 1.54) is 5.06 Å². The lowest BCUT2D eigenvalue weighted by Crippen LogP contribution is -2.61. The van der Waals surface area contributed by atoms with E-state index in [1.807, 2.05) is 71.9 Å². The number of esters is 1. The Hall–Kier alpha value is -1.43. The van der Waals surface area contributed by atoms with Crippen LogP contribution in [0.2, 0.25) is 0 Å². The van der Waals surface area contributed by atoms with Gasteiger partial charge in [-0.2, -0.15) is 5.06 Å². The quantitative estimate of drug-likeness (QED) is 0.705. The molecule has 0 spiro atoms. The first-order chi connectivity index (χ1) is 12.5. The van der Waals surface area contributed by atoms with Crippen molar-refractivity contribution < 1.29 is 19.5 Å². The predicted octanol–water partition coefficient (Wildman–Crippen LogP) is 4.57. The maximum absolute atomic E-state index is 12.9. The lowest BCUT2D eigenvalue weighted by molar-refractivity contribution is -0.260. The van der Waals surface area contributed by atoms with Gasteiger partial charge in [-0.1, -0.05) is 37.3 Å². The summed E-state index contributed by atoms with van der Waals surface area (Å²) in [4.78, 5) is 12.9. The Balaban J connectivity index is 1.97. The van der Waals surface area contributed by atoms with Crippen molar-refractivity contribution in [1.29, 1.82) is 0 Å². The largest absolute Gasteiger partial charge is 0.462 e. The Morgan fingerprint density at radius 3 is 2.26 bits per heavy atom. The number of hydrogen-bond donors (Lipinski definition) is 1. The number of carbonyl (C=O) groups is 1. The molecule has 1 atom stereocenters. The minimum atomic E-state index is -0.681. The van der Waals surface area contributed by atoms with Crippen molar-refractivity contribution in [2.75, 3.05) is 6.61 Å². The molecule has 1 aliphatic rings. The normalized spacial score (nSPS) is 22.2. The zero-order valence-corrected chi connectivity index (χ0v) is 17.6. The molecule has 1 aromatic rings. The highest BCUT2D eigenvalue weighted by molar-refractivity contribution is 5.76. The first kappa shape index (κ1) is 21.9. The zero-order chi connectivity index (χ0) is 20.3. The van der Waals surface area contributed by atoms with Crippen LogP contribution < -0.4 is 0 Å². The number of piperidine rings is 1. The van der Waals surface area contributed by atoms with Gasteiger partial charge in [-0.15, -0.1) is 0 Å². The second-order valence-electron chi connectivity index (χ2n) is 9.26. The summed E-state index contributed by atoms with van der Waals surface area (Å²) >= 11 is 0. The number of rotatable bonds is 7. The highest BCUT2D eigenvalue weighted by Gasteiger charge is 2.47. The predicted molar refractivity (Wildman–Crippen MR) is 105 cm³/mol. The monoisotopic (exact) mass is 377 g/mol. The van der Waals surface area contributed by atoms with Gasteiger partial charge >= 0.3 is 5.97 Å². The number of benzene rings is 1. The molecule has 1 fully saturated rings. The molecule has 1 saturated heterocycles. The van der Waals surface area contributed by atoms with Gasteiger partial charge in [-0.3, -0.25) is 4.79 Å². The van der Waals surface area contributed by atoms with Crippen LogP contribution in [0.3, 0.4) is 0 Å². The number of carbonyl (C=O) groups excluding carboxylic acids is 1. The molecule has 1 heterocycles. The second-order valence-corrected chi connectivity index (χ2v) is 9.26. The standard InChI is InChI=1S/C22H35NO4/c1-7-22(6,16-26-15-17-11-9-8-10-12-17)19(24)27-18-13-20(2,3)23(25)21(4,5)14-18/h8-12,18,25H,7,13-16H2,1-6H3. The summed E-state index contributed by atoms with van der Waals surface area (Å²) in [7, 11) is 0. The average Bonchev–Trinajstić information content (AvgIpc) is 2.59. The summed E-state index contributed by atoms with van der Waals surface area (Å²) in [6, 6.07) is 9.94. The number of ether oxygens (including phenoxy) is 2. The third-order valence-corrected chi connectivity index (χ3v) is 5.68. The van der Waals surface area contributed by atoms with Gasteiger partial charge in [0.05, 0.1) is 18.6 Å². The van der Waals surface area contributed by atoms with Gasteiger partial charge in [0.15, 0.2) is 0 Å². The molecule has 0 amide bonds. The lowest BCUT2D eigenvalue weighted by atomic mass is 9.80. The molecule has 0 aromatic heterocycles. The third kappa shape index (κ3) is 5.31. The van der Waals surface area contributed by atoms with Crippen LogP contribution in [-0.2, 0) is 20.9 Å². The van der Waals surface area contributed by atoms with E-state index in [0.29, 0.717) is 32.5 Å². The van der Waals surface area contributed by atoms with Crippen molar-refractivity contribution in [3.05, 3.63) is 35.9 Å². The smallest absolute Gasteiger partial charge is 0.314 e. The van der Waals surface area contributed by atoms with Gasteiger partial charge in [0.1, 0.15) is 6.10 Å². The van der Waals surface area contributed by atoms with Crippen LogP contribution in [0.4, 0.5) is 0 Å². The molecular formula is C22H35NO4. The molecule has 1 N–H and O–H groups in total. The SMILES string of the molecule is CCC(C)(COCc1ccccc1)C(=O)OC1CC(C)(C)N(O)C(C)(C)C1. The van der Waals surface area contributed by atoms with E-state index in [1.54, 1.807) is 0 Å². The van der Waals surface area contributed by atoms with E-state index in [2.05, 4.69) is 0 Å². The molecule has 0 saturated carbocycles. The summed E-state index contributed by atoms with van der Waals surface area (Å²) in [5.41, 5.74) is -0.486. The fourth-order valence-electron chi connectivity index (χ4n) is 3.83. The van der Waals surface area contributed by atoms with Crippen molar-refractivity contribution in [2.45, 2.75) is 84.6 Å². The summed E-state index contributed by atoms with van der Waals surface area (Å²) < 4.78 is 11.7. The van der Waals surface area contributed by atoms with Gasteiger partial charge in [0, 0.05) is 23.9 Å².